The van der Waals surface area contributed by atoms with E-state index in [4.69, 9.17) is 38.2 Å². The topological polar surface area (TPSA) is 119 Å². The highest BCUT2D eigenvalue weighted by molar-refractivity contribution is 7.53. The van der Waals surface area contributed by atoms with Crippen molar-refractivity contribution >= 4 is 24.6 Å². The van der Waals surface area contributed by atoms with Crippen LogP contribution in [-0.2, 0) is 23.9 Å². The van der Waals surface area contributed by atoms with E-state index in [0.29, 0.717) is 36.4 Å². The molecule has 1 N–H and O–H groups in total. The van der Waals surface area contributed by atoms with E-state index < -0.39 is 13.1 Å². The number of hydrogen-bond donors (Lipinski definition) is 1. The van der Waals surface area contributed by atoms with Gasteiger partial charge in [-0.15, -0.1) is 0 Å². The molecule has 7 rings (SSSR count). The third-order valence-electron chi connectivity index (χ3n) is 9.71. The van der Waals surface area contributed by atoms with E-state index in [9.17, 15) is 4.57 Å². The second kappa shape index (κ2) is 13.9. The van der Waals surface area contributed by atoms with Gasteiger partial charge in [0.2, 0.25) is 0 Å². The summed E-state index contributed by atoms with van der Waals surface area (Å²) in [5, 5.41) is 3.86. The lowest BCUT2D eigenvalue weighted by atomic mass is 9.77. The standard InChI is InChI=1S/C37H42N5O6P/c1-5-47-49(43,48-6-2)24-46-33-21-32(30-20-31(30)33)42-23-40-34-35(38-22-39-36(34)42)41-37(25-10-8-7-9-11-25,26-12-16-28(44-3)17-13-26)27-14-18-29(45-4)19-15-27/h7-19,22-23,30-33H,5-6,20-21,24H2,1-4H3,(H,38,39,41)/t30-,31+,32-,33+/m0/s1. The van der Waals surface area contributed by atoms with Crippen molar-refractivity contribution in [3.05, 3.63) is 108 Å². The number of benzene rings is 3. The number of rotatable bonds is 15. The number of fused-ring (bicyclic) bond motifs is 2. The molecule has 0 amide bonds. The summed E-state index contributed by atoms with van der Waals surface area (Å²) >= 11 is 0. The molecule has 0 radical (unpaired) electrons. The fourth-order valence-electron chi connectivity index (χ4n) is 7.35. The first-order valence-corrected chi connectivity index (χ1v) is 18.5. The zero-order valence-electron chi connectivity index (χ0n) is 28.2. The van der Waals surface area contributed by atoms with Crippen molar-refractivity contribution in [2.45, 2.75) is 44.4 Å². The van der Waals surface area contributed by atoms with Crippen LogP contribution >= 0.6 is 7.60 Å². The summed E-state index contributed by atoms with van der Waals surface area (Å²) in [7, 11) is 0.0334. The molecule has 11 nitrogen and oxygen atoms in total. The second-order valence-corrected chi connectivity index (χ2v) is 14.4. The number of hydrogen-bond acceptors (Lipinski definition) is 10. The molecular weight excluding hydrogens is 641 g/mol. The number of ether oxygens (including phenoxy) is 3. The van der Waals surface area contributed by atoms with Crippen molar-refractivity contribution in [2.75, 3.05) is 39.1 Å². The zero-order chi connectivity index (χ0) is 34.0. The van der Waals surface area contributed by atoms with Crippen LogP contribution in [0.1, 0.15) is 49.4 Å². The van der Waals surface area contributed by atoms with Crippen LogP contribution in [0.4, 0.5) is 5.82 Å². The Labute approximate surface area is 286 Å². The van der Waals surface area contributed by atoms with Gasteiger partial charge >= 0.3 is 7.60 Å². The Balaban J connectivity index is 1.25. The number of anilines is 1. The van der Waals surface area contributed by atoms with Crippen molar-refractivity contribution in [3.63, 3.8) is 0 Å². The first-order valence-electron chi connectivity index (χ1n) is 16.7. The molecule has 2 saturated carbocycles. The van der Waals surface area contributed by atoms with Crippen LogP contribution in [0, 0.1) is 11.8 Å². The van der Waals surface area contributed by atoms with Gasteiger partial charge in [-0.2, -0.15) is 0 Å². The molecule has 0 spiro atoms. The minimum atomic E-state index is -3.30. The Morgan fingerprint density at radius 1 is 0.796 bits per heavy atom. The van der Waals surface area contributed by atoms with Crippen molar-refractivity contribution in [1.29, 1.82) is 0 Å². The molecule has 256 valence electrons. The largest absolute Gasteiger partial charge is 0.497 e. The Hall–Kier alpha value is -4.28. The fourth-order valence-corrected chi connectivity index (χ4v) is 8.73. The summed E-state index contributed by atoms with van der Waals surface area (Å²) < 4.78 is 43.4. The van der Waals surface area contributed by atoms with Crippen molar-refractivity contribution in [1.82, 2.24) is 19.5 Å². The van der Waals surface area contributed by atoms with Crippen molar-refractivity contribution in [2.24, 2.45) is 11.8 Å². The van der Waals surface area contributed by atoms with Crippen LogP contribution in [-0.4, -0.2) is 59.4 Å². The average Bonchev–Trinajstić information content (AvgIpc) is 3.67. The molecule has 3 aromatic carbocycles. The summed E-state index contributed by atoms with van der Waals surface area (Å²) in [6, 6.07) is 26.6. The maximum atomic E-state index is 13.1. The molecule has 0 aliphatic heterocycles. The smallest absolute Gasteiger partial charge is 0.356 e. The van der Waals surface area contributed by atoms with Gasteiger partial charge in [-0.05, 0) is 79.5 Å². The molecule has 12 heteroatoms. The van der Waals surface area contributed by atoms with Crippen molar-refractivity contribution in [3.8, 4) is 11.5 Å². The lowest BCUT2D eigenvalue weighted by Crippen LogP contribution is -2.38. The molecule has 4 atom stereocenters. The number of methoxy groups -OCH3 is 2. The monoisotopic (exact) mass is 683 g/mol. The molecular formula is C37H42N5O6P. The molecule has 0 bridgehead atoms. The summed E-state index contributed by atoms with van der Waals surface area (Å²) in [6.45, 7) is 4.22. The number of aromatic nitrogens is 4. The molecule has 2 aliphatic rings. The molecule has 0 unspecified atom stereocenters. The first kappa shape index (κ1) is 33.2. The number of nitrogens with one attached hydrogen (secondary N) is 1. The number of nitrogens with zero attached hydrogens (tertiary/aromatic N) is 4. The van der Waals surface area contributed by atoms with E-state index in [1.807, 2.05) is 48.8 Å². The summed E-state index contributed by atoms with van der Waals surface area (Å²) in [4.78, 5) is 14.4. The normalized spacial score (nSPS) is 20.2. The van der Waals surface area contributed by atoms with Gasteiger partial charge in [0.25, 0.3) is 0 Å². The molecule has 2 aliphatic carbocycles. The quantitative estimate of drug-likeness (QED) is 0.0881. The lowest BCUT2D eigenvalue weighted by molar-refractivity contribution is 0.0531. The van der Waals surface area contributed by atoms with Gasteiger partial charge in [-0.3, -0.25) is 4.57 Å². The van der Waals surface area contributed by atoms with E-state index >= 15 is 0 Å². The van der Waals surface area contributed by atoms with Crippen LogP contribution in [0.2, 0.25) is 0 Å². The van der Waals surface area contributed by atoms with E-state index in [1.165, 1.54) is 0 Å². The van der Waals surface area contributed by atoms with Gasteiger partial charge in [0.15, 0.2) is 11.5 Å². The van der Waals surface area contributed by atoms with Gasteiger partial charge in [-0.25, -0.2) is 15.0 Å². The third-order valence-corrected chi connectivity index (χ3v) is 11.5. The Morgan fingerprint density at radius 2 is 1.41 bits per heavy atom. The fraction of sp³-hybridized carbons (Fsp3) is 0.378. The number of imidazole rings is 1. The molecule has 2 aromatic heterocycles. The lowest BCUT2D eigenvalue weighted by Gasteiger charge is -2.37. The first-order chi connectivity index (χ1) is 23.9. The van der Waals surface area contributed by atoms with E-state index in [2.05, 4.69) is 46.3 Å². The van der Waals surface area contributed by atoms with Crippen LogP contribution < -0.4 is 14.8 Å². The van der Waals surface area contributed by atoms with Gasteiger partial charge in [-0.1, -0.05) is 54.6 Å². The Morgan fingerprint density at radius 3 is 2.00 bits per heavy atom. The predicted octanol–water partition coefficient (Wildman–Crippen LogP) is 7.44. The van der Waals surface area contributed by atoms with Gasteiger partial charge in [0.1, 0.15) is 35.2 Å². The van der Waals surface area contributed by atoms with Crippen LogP contribution in [0.15, 0.2) is 91.5 Å². The molecule has 2 heterocycles. The van der Waals surface area contributed by atoms with Crippen molar-refractivity contribution < 1.29 is 27.8 Å². The Bertz CT molecular complexity index is 1860. The maximum Gasteiger partial charge on any atom is 0.356 e. The highest BCUT2D eigenvalue weighted by Crippen LogP contribution is 2.60. The van der Waals surface area contributed by atoms with Gasteiger partial charge in [0.05, 0.1) is 39.9 Å². The van der Waals surface area contributed by atoms with Crippen LogP contribution in [0.3, 0.4) is 0 Å². The third kappa shape index (κ3) is 6.32. The van der Waals surface area contributed by atoms with Crippen LogP contribution in [0.25, 0.3) is 11.2 Å². The highest BCUT2D eigenvalue weighted by Gasteiger charge is 2.56. The molecule has 49 heavy (non-hydrogen) atoms. The Kier molecular flexibility index (Phi) is 9.44. The van der Waals surface area contributed by atoms with Gasteiger partial charge in [0, 0.05) is 6.04 Å². The minimum Gasteiger partial charge on any atom is -0.497 e. The summed E-state index contributed by atoms with van der Waals surface area (Å²) in [5.41, 5.74) is 3.55. The SMILES string of the molecule is CCOP(=O)(CO[C@@H]1C[C@H](n2cnc3c(NC(c4ccccc4)(c4ccc(OC)cc4)c4ccc(OC)cc4)ncnc32)[C@H]2C[C@H]21)OCC. The van der Waals surface area contributed by atoms with E-state index in [0.717, 1.165) is 46.7 Å². The summed E-state index contributed by atoms with van der Waals surface area (Å²) in [5.74, 6) is 2.94. The second-order valence-electron chi connectivity index (χ2n) is 12.4. The molecule has 2 fully saturated rings. The van der Waals surface area contributed by atoms with Gasteiger partial charge < -0.3 is 33.1 Å². The summed E-state index contributed by atoms with van der Waals surface area (Å²) in [6.07, 6.45) is 5.16. The molecule has 5 aromatic rings. The van der Waals surface area contributed by atoms with E-state index in [1.54, 1.807) is 34.4 Å². The maximum absolute atomic E-state index is 13.1. The van der Waals surface area contributed by atoms with Crippen LogP contribution in [0.5, 0.6) is 11.5 Å². The predicted molar refractivity (Wildman–Crippen MR) is 187 cm³/mol. The zero-order valence-corrected chi connectivity index (χ0v) is 29.1. The van der Waals surface area contributed by atoms with E-state index in [-0.39, 0.29) is 18.5 Å². The minimum absolute atomic E-state index is 0.0444. The highest BCUT2D eigenvalue weighted by atomic mass is 31.2. The average molecular weight is 684 g/mol. The molecule has 0 saturated heterocycles.